The lowest BCUT2D eigenvalue weighted by Crippen LogP contribution is -2.35. The van der Waals surface area contributed by atoms with Crippen molar-refractivity contribution < 1.29 is 4.79 Å². The summed E-state index contributed by atoms with van der Waals surface area (Å²) < 4.78 is 2.75. The molecule has 0 bridgehead atoms. The van der Waals surface area contributed by atoms with Crippen LogP contribution in [0.4, 0.5) is 5.95 Å². The Labute approximate surface area is 113 Å². The summed E-state index contributed by atoms with van der Waals surface area (Å²) in [6, 6.07) is 5.71. The number of hydrogen-bond donors (Lipinski definition) is 2. The van der Waals surface area contributed by atoms with Crippen LogP contribution in [0.25, 0.3) is 11.0 Å². The number of carbonyl (C=O) groups is 1. The normalized spacial score (nSPS) is 11.9. The molecule has 0 aliphatic heterocycles. The van der Waals surface area contributed by atoms with E-state index in [1.807, 2.05) is 22.8 Å². The summed E-state index contributed by atoms with van der Waals surface area (Å²) in [5.41, 5.74) is 12.3. The van der Waals surface area contributed by atoms with Crippen molar-refractivity contribution in [1.29, 1.82) is 0 Å². The number of rotatable bonds is 3. The minimum Gasteiger partial charge on any atom is -0.369 e. The van der Waals surface area contributed by atoms with Gasteiger partial charge in [-0.1, -0.05) is 15.9 Å². The Morgan fingerprint density at radius 1 is 1.50 bits per heavy atom. The molecule has 0 aliphatic rings. The number of benzene rings is 1. The maximum absolute atomic E-state index is 11.4. The molecule has 0 radical (unpaired) electrons. The molecule has 0 saturated carbocycles. The lowest BCUT2D eigenvalue weighted by molar-refractivity contribution is -0.126. The van der Waals surface area contributed by atoms with Crippen LogP contribution >= 0.6 is 15.9 Å². The van der Waals surface area contributed by atoms with Crippen LogP contribution in [-0.4, -0.2) is 15.5 Å². The summed E-state index contributed by atoms with van der Waals surface area (Å²) in [5.74, 6) is 0.0242. The number of amides is 1. The van der Waals surface area contributed by atoms with Gasteiger partial charge in [0.2, 0.25) is 11.9 Å². The van der Waals surface area contributed by atoms with E-state index in [0.717, 1.165) is 15.5 Å². The fourth-order valence-electron chi connectivity index (χ4n) is 1.75. The van der Waals surface area contributed by atoms with E-state index in [1.54, 1.807) is 13.8 Å². The molecule has 0 aliphatic carbocycles. The molecule has 1 aromatic heterocycles. The number of anilines is 1. The van der Waals surface area contributed by atoms with Crippen LogP contribution in [0.15, 0.2) is 22.7 Å². The summed E-state index contributed by atoms with van der Waals surface area (Å²) in [6.07, 6.45) is 0. The van der Waals surface area contributed by atoms with E-state index in [-0.39, 0.29) is 5.91 Å². The molecule has 0 atom stereocenters. The third-order valence-corrected chi connectivity index (χ3v) is 3.45. The van der Waals surface area contributed by atoms with Crippen LogP contribution in [-0.2, 0) is 11.3 Å². The van der Waals surface area contributed by atoms with Gasteiger partial charge >= 0.3 is 0 Å². The Hall–Kier alpha value is -1.56. The zero-order chi connectivity index (χ0) is 13.5. The molecule has 0 unspecified atom stereocenters. The third-order valence-electron chi connectivity index (χ3n) is 2.96. The topological polar surface area (TPSA) is 86.9 Å². The standard InChI is InChI=1S/C12H15BrN4O/c1-12(2,10(14)18)6-17-9-5-7(13)3-4-8(9)16-11(17)15/h3-5H,6H2,1-2H3,(H2,14,18)(H2,15,16). The van der Waals surface area contributed by atoms with Crippen molar-refractivity contribution >= 4 is 38.8 Å². The number of hydrogen-bond acceptors (Lipinski definition) is 3. The Balaban J connectivity index is 2.53. The predicted octanol–water partition coefficient (Wildman–Crippen LogP) is 1.89. The molecule has 6 heteroatoms. The van der Waals surface area contributed by atoms with Crippen molar-refractivity contribution in [3.05, 3.63) is 22.7 Å². The van der Waals surface area contributed by atoms with Gasteiger partial charge < -0.3 is 16.0 Å². The van der Waals surface area contributed by atoms with Gasteiger partial charge in [0.05, 0.1) is 16.4 Å². The SMILES string of the molecule is CC(C)(Cn1c(N)nc2ccc(Br)cc21)C(N)=O. The largest absolute Gasteiger partial charge is 0.369 e. The van der Waals surface area contributed by atoms with Crippen molar-refractivity contribution in [2.24, 2.45) is 11.1 Å². The van der Waals surface area contributed by atoms with Gasteiger partial charge in [-0.25, -0.2) is 4.98 Å². The molecule has 2 aromatic rings. The fraction of sp³-hybridized carbons (Fsp3) is 0.333. The molecule has 0 saturated heterocycles. The number of halogens is 1. The van der Waals surface area contributed by atoms with E-state index in [2.05, 4.69) is 20.9 Å². The highest BCUT2D eigenvalue weighted by Crippen LogP contribution is 2.26. The van der Waals surface area contributed by atoms with Gasteiger partial charge in [0.25, 0.3) is 0 Å². The Morgan fingerprint density at radius 2 is 2.17 bits per heavy atom. The molecular weight excluding hydrogens is 296 g/mol. The zero-order valence-electron chi connectivity index (χ0n) is 10.3. The molecular formula is C12H15BrN4O. The number of aromatic nitrogens is 2. The molecule has 0 spiro atoms. The summed E-state index contributed by atoms with van der Waals surface area (Å²) in [4.78, 5) is 15.7. The monoisotopic (exact) mass is 310 g/mol. The van der Waals surface area contributed by atoms with Gasteiger partial charge in [-0.05, 0) is 32.0 Å². The van der Waals surface area contributed by atoms with Crippen LogP contribution in [0.1, 0.15) is 13.8 Å². The first-order chi connectivity index (χ1) is 8.31. The summed E-state index contributed by atoms with van der Waals surface area (Å²) in [7, 11) is 0. The van der Waals surface area contributed by atoms with Crippen molar-refractivity contribution in [2.45, 2.75) is 20.4 Å². The van der Waals surface area contributed by atoms with Gasteiger partial charge in [-0.15, -0.1) is 0 Å². The average molecular weight is 311 g/mol. The molecule has 5 nitrogen and oxygen atoms in total. The van der Waals surface area contributed by atoms with Crippen molar-refractivity contribution in [3.8, 4) is 0 Å². The second-order valence-electron chi connectivity index (χ2n) is 4.94. The predicted molar refractivity (Wildman–Crippen MR) is 74.8 cm³/mol. The average Bonchev–Trinajstić information content (AvgIpc) is 2.55. The van der Waals surface area contributed by atoms with E-state index < -0.39 is 5.41 Å². The smallest absolute Gasteiger partial charge is 0.224 e. The molecule has 1 aromatic carbocycles. The summed E-state index contributed by atoms with van der Waals surface area (Å²) in [5, 5.41) is 0. The number of carbonyl (C=O) groups excluding carboxylic acids is 1. The van der Waals surface area contributed by atoms with E-state index in [1.165, 1.54) is 0 Å². The highest BCUT2D eigenvalue weighted by molar-refractivity contribution is 9.10. The number of fused-ring (bicyclic) bond motifs is 1. The lowest BCUT2D eigenvalue weighted by Gasteiger charge is -2.22. The van der Waals surface area contributed by atoms with E-state index in [0.29, 0.717) is 12.5 Å². The third kappa shape index (κ3) is 2.20. The van der Waals surface area contributed by atoms with E-state index in [4.69, 9.17) is 11.5 Å². The van der Waals surface area contributed by atoms with Gasteiger partial charge in [-0.2, -0.15) is 0 Å². The van der Waals surface area contributed by atoms with Crippen LogP contribution in [0.5, 0.6) is 0 Å². The number of primary amides is 1. The molecule has 0 fully saturated rings. The number of nitrogens with two attached hydrogens (primary N) is 2. The van der Waals surface area contributed by atoms with Crippen molar-refractivity contribution in [2.75, 3.05) is 5.73 Å². The van der Waals surface area contributed by atoms with E-state index in [9.17, 15) is 4.79 Å². The second kappa shape index (κ2) is 4.28. The Bertz CT molecular complexity index is 618. The molecule has 1 heterocycles. The van der Waals surface area contributed by atoms with Crippen molar-refractivity contribution in [1.82, 2.24) is 9.55 Å². The second-order valence-corrected chi connectivity index (χ2v) is 5.85. The first-order valence-corrected chi connectivity index (χ1v) is 6.32. The van der Waals surface area contributed by atoms with Crippen LogP contribution in [0.2, 0.25) is 0 Å². The van der Waals surface area contributed by atoms with Crippen molar-refractivity contribution in [3.63, 3.8) is 0 Å². The van der Waals surface area contributed by atoms with Gasteiger partial charge in [0.15, 0.2) is 0 Å². The quantitative estimate of drug-likeness (QED) is 0.907. The van der Waals surface area contributed by atoms with Crippen LogP contribution in [0, 0.1) is 5.41 Å². The van der Waals surface area contributed by atoms with E-state index >= 15 is 0 Å². The number of imidazole rings is 1. The first-order valence-electron chi connectivity index (χ1n) is 5.52. The minimum absolute atomic E-state index is 0.362. The first kappa shape index (κ1) is 12.9. The number of nitrogen functional groups attached to an aromatic ring is 1. The Kier molecular flexibility index (Phi) is 3.06. The zero-order valence-corrected chi connectivity index (χ0v) is 11.9. The number of nitrogens with zero attached hydrogens (tertiary/aromatic N) is 2. The lowest BCUT2D eigenvalue weighted by atomic mass is 9.92. The summed E-state index contributed by atoms with van der Waals surface area (Å²) >= 11 is 3.41. The van der Waals surface area contributed by atoms with Crippen LogP contribution < -0.4 is 11.5 Å². The highest BCUT2D eigenvalue weighted by Gasteiger charge is 2.27. The fourth-order valence-corrected chi connectivity index (χ4v) is 2.10. The molecule has 96 valence electrons. The Morgan fingerprint density at radius 3 is 2.78 bits per heavy atom. The maximum Gasteiger partial charge on any atom is 0.224 e. The van der Waals surface area contributed by atoms with Gasteiger partial charge in [-0.3, -0.25) is 4.79 Å². The minimum atomic E-state index is -0.677. The van der Waals surface area contributed by atoms with Gasteiger partial charge in [0.1, 0.15) is 0 Å². The summed E-state index contributed by atoms with van der Waals surface area (Å²) in [6.45, 7) is 3.98. The van der Waals surface area contributed by atoms with Gasteiger partial charge in [0, 0.05) is 11.0 Å². The molecule has 4 N–H and O–H groups in total. The molecule has 2 rings (SSSR count). The molecule has 1 amide bonds. The molecule has 18 heavy (non-hydrogen) atoms. The van der Waals surface area contributed by atoms with Crippen LogP contribution in [0.3, 0.4) is 0 Å². The highest BCUT2D eigenvalue weighted by atomic mass is 79.9. The maximum atomic E-state index is 11.4.